The third-order valence-corrected chi connectivity index (χ3v) is 9.27. The van der Waals surface area contributed by atoms with Gasteiger partial charge in [0, 0.05) is 18.4 Å². The quantitative estimate of drug-likeness (QED) is 0.119. The van der Waals surface area contributed by atoms with Gasteiger partial charge in [0.1, 0.15) is 23.4 Å². The molecular formula is C33H25N2O8P. The molecule has 2 aliphatic heterocycles. The van der Waals surface area contributed by atoms with Gasteiger partial charge in [0.15, 0.2) is 6.23 Å². The topological polar surface area (TPSA) is 140 Å². The number of aliphatic hydroxyl groups excluding tert-OH is 1. The van der Waals surface area contributed by atoms with E-state index in [0.717, 1.165) is 43.5 Å². The summed E-state index contributed by atoms with van der Waals surface area (Å²) in [4.78, 5) is 37.9. The number of aliphatic hydroxyl groups is 1. The summed E-state index contributed by atoms with van der Waals surface area (Å²) in [5.41, 5.74) is -2.19. The number of H-pyrrole nitrogens is 1. The van der Waals surface area contributed by atoms with Gasteiger partial charge in [-0.05, 0) is 49.2 Å². The Morgan fingerprint density at radius 1 is 0.955 bits per heavy atom. The third-order valence-electron chi connectivity index (χ3n) is 8.65. The molecule has 10 nitrogen and oxygen atoms in total. The standard InChI is InChI=1S/C33H25N2O8P/c1-44(39,40)43-29-28-31(42-33(29,16-36)17-41-28)35-15-20(30(37)34-32(35)38)12-11-18-13-14-25-23-9-3-6-19-5-2-8-22(26(19)23)24-10-4-7-21(18)27(24)25/h2-10,13-15,28-29,31,36H,16-17H2,1H3,(H,39,40)(H,34,37,38)/t28?,29?,31-,33+/m1/s1. The zero-order valence-electron chi connectivity index (χ0n) is 23.3. The molecule has 2 aliphatic rings. The lowest BCUT2D eigenvalue weighted by atomic mass is 9.88. The number of benzene rings is 5. The molecule has 0 amide bonds. The average Bonchev–Trinajstić information content (AvgIpc) is 3.49. The molecule has 0 spiro atoms. The zero-order valence-corrected chi connectivity index (χ0v) is 24.2. The first kappa shape index (κ1) is 27.2. The Morgan fingerprint density at radius 3 is 2.30 bits per heavy atom. The normalized spacial score (nSPS) is 24.3. The van der Waals surface area contributed by atoms with Gasteiger partial charge in [0.2, 0.25) is 0 Å². The second-order valence-electron chi connectivity index (χ2n) is 11.4. The Kier molecular flexibility index (Phi) is 5.93. The number of nitrogens with one attached hydrogen (secondary N) is 1. The number of nitrogens with zero attached hydrogens (tertiary/aromatic N) is 1. The van der Waals surface area contributed by atoms with Gasteiger partial charge < -0.3 is 19.5 Å². The zero-order chi connectivity index (χ0) is 30.4. The molecule has 0 saturated carbocycles. The second-order valence-corrected chi connectivity index (χ2v) is 13.2. The summed E-state index contributed by atoms with van der Waals surface area (Å²) in [6.07, 6.45) is -1.96. The average molecular weight is 609 g/mol. The van der Waals surface area contributed by atoms with E-state index in [1.165, 1.54) is 17.0 Å². The Labute approximate surface area is 249 Å². The molecule has 2 bridgehead atoms. The van der Waals surface area contributed by atoms with E-state index in [9.17, 15) is 24.2 Å². The van der Waals surface area contributed by atoms with E-state index in [1.54, 1.807) is 0 Å². The van der Waals surface area contributed by atoms with Gasteiger partial charge in [-0.2, -0.15) is 0 Å². The van der Waals surface area contributed by atoms with E-state index >= 15 is 0 Å². The molecule has 3 heterocycles. The van der Waals surface area contributed by atoms with Crippen molar-refractivity contribution in [2.45, 2.75) is 24.0 Å². The van der Waals surface area contributed by atoms with Crippen LogP contribution in [0.1, 0.15) is 17.4 Å². The minimum absolute atomic E-state index is 0.00500. The maximum absolute atomic E-state index is 12.9. The Bertz CT molecular complexity index is 2330. The fraction of sp³-hybridized carbons (Fsp3) is 0.212. The van der Waals surface area contributed by atoms with E-state index in [2.05, 4.69) is 59.3 Å². The molecule has 2 saturated heterocycles. The van der Waals surface area contributed by atoms with Gasteiger partial charge in [0.25, 0.3) is 5.56 Å². The number of hydrogen-bond donors (Lipinski definition) is 3. The van der Waals surface area contributed by atoms with Crippen LogP contribution in [0.15, 0.2) is 82.5 Å². The molecule has 0 radical (unpaired) electrons. The number of aromatic nitrogens is 2. The maximum atomic E-state index is 12.9. The van der Waals surface area contributed by atoms with Crippen LogP contribution < -0.4 is 11.2 Å². The first-order valence-electron chi connectivity index (χ1n) is 14.0. The molecule has 5 atom stereocenters. The van der Waals surface area contributed by atoms with Gasteiger partial charge in [-0.1, -0.05) is 72.5 Å². The van der Waals surface area contributed by atoms with Crippen LogP contribution in [0.2, 0.25) is 0 Å². The highest BCUT2D eigenvalue weighted by molar-refractivity contribution is 7.51. The summed E-state index contributed by atoms with van der Waals surface area (Å²) in [7, 11) is -3.99. The van der Waals surface area contributed by atoms with Crippen LogP contribution in [0.3, 0.4) is 0 Å². The Balaban J connectivity index is 1.24. The van der Waals surface area contributed by atoms with Gasteiger partial charge in [-0.3, -0.25) is 23.4 Å². The lowest BCUT2D eigenvalue weighted by Crippen LogP contribution is -2.45. The minimum Gasteiger partial charge on any atom is -0.393 e. The summed E-state index contributed by atoms with van der Waals surface area (Å²) in [6, 6.07) is 22.7. The van der Waals surface area contributed by atoms with Crippen molar-refractivity contribution in [1.82, 2.24) is 9.55 Å². The lowest BCUT2D eigenvalue weighted by molar-refractivity contribution is -0.187. The monoisotopic (exact) mass is 608 g/mol. The molecular weight excluding hydrogens is 583 g/mol. The predicted octanol–water partition coefficient (Wildman–Crippen LogP) is 3.85. The summed E-state index contributed by atoms with van der Waals surface area (Å²) >= 11 is 0. The molecule has 3 unspecified atom stereocenters. The van der Waals surface area contributed by atoms with Crippen LogP contribution in [0.4, 0.5) is 0 Å². The van der Waals surface area contributed by atoms with Crippen LogP contribution >= 0.6 is 7.60 Å². The molecule has 8 rings (SSSR count). The number of aromatic amines is 1. The third kappa shape index (κ3) is 3.99. The SMILES string of the molecule is CP(=O)(O)OC1C2OC[C@]1(CO)O[C@H]2n1cc(C#Cc2ccc3c4cccc5cccc(c6cccc2c63)c54)c(=O)[nH]c1=O. The van der Waals surface area contributed by atoms with Gasteiger partial charge in [-0.15, -0.1) is 0 Å². The first-order chi connectivity index (χ1) is 21.2. The maximum Gasteiger partial charge on any atom is 0.330 e. The van der Waals surface area contributed by atoms with Gasteiger partial charge in [-0.25, -0.2) is 4.79 Å². The summed E-state index contributed by atoms with van der Waals surface area (Å²) in [5.74, 6) is 6.06. The molecule has 2 fully saturated rings. The molecule has 6 aromatic rings. The number of fused-ring (bicyclic) bond motifs is 4. The summed E-state index contributed by atoms with van der Waals surface area (Å²) in [5, 5.41) is 19.0. The van der Waals surface area contributed by atoms with Crippen LogP contribution in [0.5, 0.6) is 0 Å². The Morgan fingerprint density at radius 2 is 1.59 bits per heavy atom. The molecule has 220 valence electrons. The van der Waals surface area contributed by atoms with Crippen molar-refractivity contribution in [2.24, 2.45) is 0 Å². The van der Waals surface area contributed by atoms with Crippen molar-refractivity contribution in [3.05, 3.63) is 105 Å². The minimum atomic E-state index is -3.99. The fourth-order valence-corrected chi connectivity index (χ4v) is 7.49. The van der Waals surface area contributed by atoms with E-state index < -0.39 is 49.5 Å². The molecule has 3 N–H and O–H groups in total. The van der Waals surface area contributed by atoms with Crippen molar-refractivity contribution in [3.63, 3.8) is 0 Å². The van der Waals surface area contributed by atoms with Crippen molar-refractivity contribution >= 4 is 50.7 Å². The van der Waals surface area contributed by atoms with Crippen molar-refractivity contribution < 1.29 is 28.6 Å². The number of hydrogen-bond acceptors (Lipinski definition) is 7. The highest BCUT2D eigenvalue weighted by atomic mass is 31.2. The van der Waals surface area contributed by atoms with Gasteiger partial charge >= 0.3 is 13.3 Å². The van der Waals surface area contributed by atoms with Crippen LogP contribution in [-0.4, -0.2) is 57.2 Å². The van der Waals surface area contributed by atoms with Crippen molar-refractivity contribution in [1.29, 1.82) is 0 Å². The molecule has 5 aromatic carbocycles. The highest BCUT2D eigenvalue weighted by Gasteiger charge is 2.64. The molecule has 1 aromatic heterocycles. The van der Waals surface area contributed by atoms with E-state index in [0.29, 0.717) is 5.56 Å². The summed E-state index contributed by atoms with van der Waals surface area (Å²) < 4.78 is 30.2. The second kappa shape index (κ2) is 9.58. The van der Waals surface area contributed by atoms with Crippen molar-refractivity contribution in [2.75, 3.05) is 19.9 Å². The smallest absolute Gasteiger partial charge is 0.330 e. The largest absolute Gasteiger partial charge is 0.393 e. The number of ether oxygens (including phenoxy) is 2. The van der Waals surface area contributed by atoms with E-state index in [-0.39, 0.29) is 12.2 Å². The van der Waals surface area contributed by atoms with Crippen LogP contribution in [0, 0.1) is 11.8 Å². The molecule has 0 aliphatic carbocycles. The predicted molar refractivity (Wildman–Crippen MR) is 165 cm³/mol. The molecule has 44 heavy (non-hydrogen) atoms. The molecule has 11 heteroatoms. The van der Waals surface area contributed by atoms with Crippen LogP contribution in [-0.2, 0) is 18.6 Å². The summed E-state index contributed by atoms with van der Waals surface area (Å²) in [6.45, 7) is 0.357. The van der Waals surface area contributed by atoms with Crippen LogP contribution in [0.25, 0.3) is 43.1 Å². The lowest BCUT2D eigenvalue weighted by Gasteiger charge is -2.30. The first-order valence-corrected chi connectivity index (χ1v) is 16.0. The van der Waals surface area contributed by atoms with E-state index in [1.807, 2.05) is 24.3 Å². The highest BCUT2D eigenvalue weighted by Crippen LogP contribution is 2.52. The van der Waals surface area contributed by atoms with Gasteiger partial charge in [0.05, 0.1) is 13.2 Å². The Hall–Kier alpha value is -4.33. The van der Waals surface area contributed by atoms with E-state index in [4.69, 9.17) is 14.0 Å². The fourth-order valence-electron chi connectivity index (χ4n) is 6.75. The van der Waals surface area contributed by atoms with Crippen molar-refractivity contribution in [3.8, 4) is 11.8 Å². The number of rotatable bonds is 4.